The van der Waals surface area contributed by atoms with Gasteiger partial charge in [0.25, 0.3) is 0 Å². The monoisotopic (exact) mass is 692 g/mol. The van der Waals surface area contributed by atoms with Gasteiger partial charge < -0.3 is 15.8 Å². The average Bonchev–Trinajstić information content (AvgIpc) is 3.62. The van der Waals surface area contributed by atoms with E-state index in [4.69, 9.17) is 10.5 Å². The highest BCUT2D eigenvalue weighted by Crippen LogP contribution is 2.36. The summed E-state index contributed by atoms with van der Waals surface area (Å²) in [4.78, 5) is 44.7. The number of amides is 3. The molecule has 264 valence electrons. The van der Waals surface area contributed by atoms with Crippen LogP contribution in [-0.2, 0) is 26.9 Å². The van der Waals surface area contributed by atoms with Crippen LogP contribution in [0.5, 0.6) is 0 Å². The number of aromatic amines is 1. The van der Waals surface area contributed by atoms with Gasteiger partial charge >= 0.3 is 12.3 Å². The quantitative estimate of drug-likeness (QED) is 0.190. The fourth-order valence-corrected chi connectivity index (χ4v) is 6.14. The van der Waals surface area contributed by atoms with Gasteiger partial charge in [-0.05, 0) is 99.0 Å². The van der Waals surface area contributed by atoms with Crippen LogP contribution in [0.1, 0.15) is 57.7 Å². The number of hydrogen-bond acceptors (Lipinski definition) is 8. The number of tetrazole rings is 1. The molecule has 5 rings (SSSR count). The first-order chi connectivity index (χ1) is 23.7. The zero-order chi connectivity index (χ0) is 36.1. The highest BCUT2D eigenvalue weighted by atomic mass is 19.4. The van der Waals surface area contributed by atoms with Gasteiger partial charge in [-0.25, -0.2) is 4.79 Å². The standard InChI is InChI=1S/C35H39F3N8O4/c1-34(2,3)50-33(49)41-20-21-9-11-24(12-10-21)32(48)46(26-15-13-23(14-16-26)31-42-44-45-43-31)28(30(39)47)19-22-6-4-7-25(18-22)27-8-5-17-40-29(27)35(36,37)38/h4-8,13-18,21,24,28H,9-12,19-20H2,1-3H3,(H2,39,47)(H,41,49)(H,42,43,44,45)/t21?,24?,28-/m0/s1. The van der Waals surface area contributed by atoms with Gasteiger partial charge in [0.05, 0.1) is 0 Å². The van der Waals surface area contributed by atoms with Crippen molar-refractivity contribution in [2.24, 2.45) is 17.6 Å². The lowest BCUT2D eigenvalue weighted by atomic mass is 9.81. The lowest BCUT2D eigenvalue weighted by Gasteiger charge is -2.36. The molecular formula is C35H39F3N8O4. The second-order valence-electron chi connectivity index (χ2n) is 13.3. The Kier molecular flexibility index (Phi) is 10.8. The number of hydrogen-bond donors (Lipinski definition) is 3. The average molecular weight is 693 g/mol. The summed E-state index contributed by atoms with van der Waals surface area (Å²) in [5, 5.41) is 16.7. The summed E-state index contributed by atoms with van der Waals surface area (Å²) in [6.07, 6.45) is -1.81. The van der Waals surface area contributed by atoms with E-state index in [2.05, 4.69) is 30.9 Å². The smallest absolute Gasteiger partial charge is 0.433 e. The number of carbonyl (C=O) groups is 3. The molecule has 1 aliphatic carbocycles. The topological polar surface area (TPSA) is 169 Å². The maximum Gasteiger partial charge on any atom is 0.433 e. The number of pyridine rings is 1. The number of rotatable bonds is 10. The number of H-pyrrole nitrogens is 1. The third kappa shape index (κ3) is 9.01. The molecule has 0 spiro atoms. The van der Waals surface area contributed by atoms with Gasteiger partial charge in [0.2, 0.25) is 17.6 Å². The van der Waals surface area contributed by atoms with Gasteiger partial charge in [0.15, 0.2) is 5.69 Å². The first-order valence-electron chi connectivity index (χ1n) is 16.2. The van der Waals surface area contributed by atoms with Gasteiger partial charge in [-0.1, -0.05) is 30.3 Å². The maximum absolute atomic E-state index is 14.4. The van der Waals surface area contributed by atoms with Crippen LogP contribution < -0.4 is 16.0 Å². The first kappa shape index (κ1) is 36.0. The second-order valence-corrected chi connectivity index (χ2v) is 13.3. The van der Waals surface area contributed by atoms with E-state index < -0.39 is 41.4 Å². The highest BCUT2D eigenvalue weighted by Gasteiger charge is 2.37. The molecule has 2 aromatic carbocycles. The predicted octanol–water partition coefficient (Wildman–Crippen LogP) is 5.71. The number of nitrogens with one attached hydrogen (secondary N) is 2. The zero-order valence-corrected chi connectivity index (χ0v) is 27.9. The van der Waals surface area contributed by atoms with Crippen LogP contribution in [0.3, 0.4) is 0 Å². The van der Waals surface area contributed by atoms with Crippen LogP contribution in [0.2, 0.25) is 0 Å². The van der Waals surface area contributed by atoms with E-state index in [1.54, 1.807) is 63.2 Å². The molecule has 2 heterocycles. The second kappa shape index (κ2) is 15.0. The van der Waals surface area contributed by atoms with Gasteiger partial charge in [0.1, 0.15) is 11.6 Å². The molecule has 1 fully saturated rings. The summed E-state index contributed by atoms with van der Waals surface area (Å²) in [6.45, 7) is 5.77. The van der Waals surface area contributed by atoms with Gasteiger partial charge in [0, 0.05) is 41.9 Å². The minimum Gasteiger partial charge on any atom is -0.444 e. The van der Waals surface area contributed by atoms with Crippen molar-refractivity contribution in [2.75, 3.05) is 11.4 Å². The van der Waals surface area contributed by atoms with E-state index in [1.807, 2.05) is 0 Å². The zero-order valence-electron chi connectivity index (χ0n) is 27.9. The fraction of sp³-hybridized carbons (Fsp3) is 0.400. The van der Waals surface area contributed by atoms with Crippen LogP contribution in [0.25, 0.3) is 22.5 Å². The molecule has 2 aromatic heterocycles. The SMILES string of the molecule is CC(C)(C)OC(=O)NCC1CCC(C(=O)N(c2ccc(-c3nn[nH]n3)cc2)[C@@H](Cc2cccc(-c3cccnc3C(F)(F)F)c2)C(N)=O)CC1. The molecule has 0 saturated heterocycles. The minimum absolute atomic E-state index is 0.0573. The number of primary amides is 1. The molecule has 1 aliphatic rings. The molecule has 15 heteroatoms. The van der Waals surface area contributed by atoms with Crippen LogP contribution in [0.4, 0.5) is 23.7 Å². The molecule has 12 nitrogen and oxygen atoms in total. The van der Waals surface area contributed by atoms with E-state index in [-0.39, 0.29) is 29.4 Å². The third-order valence-electron chi connectivity index (χ3n) is 8.50. The number of anilines is 1. The summed E-state index contributed by atoms with van der Waals surface area (Å²) >= 11 is 0. The van der Waals surface area contributed by atoms with Crippen molar-refractivity contribution in [1.29, 1.82) is 0 Å². The van der Waals surface area contributed by atoms with Crippen LogP contribution in [-0.4, -0.2) is 61.7 Å². The van der Waals surface area contributed by atoms with E-state index in [1.165, 1.54) is 23.1 Å². The molecular weight excluding hydrogens is 653 g/mol. The van der Waals surface area contributed by atoms with E-state index in [9.17, 15) is 27.6 Å². The van der Waals surface area contributed by atoms with Crippen molar-refractivity contribution < 1.29 is 32.3 Å². The number of halogens is 3. The van der Waals surface area contributed by atoms with Crippen molar-refractivity contribution in [3.8, 4) is 22.5 Å². The summed E-state index contributed by atoms with van der Waals surface area (Å²) < 4.78 is 46.7. The molecule has 4 N–H and O–H groups in total. The number of nitrogens with zero attached hydrogens (tertiary/aromatic N) is 5. The van der Waals surface area contributed by atoms with E-state index >= 15 is 0 Å². The number of benzene rings is 2. The van der Waals surface area contributed by atoms with Crippen LogP contribution >= 0.6 is 0 Å². The fourth-order valence-electron chi connectivity index (χ4n) is 6.14. The largest absolute Gasteiger partial charge is 0.444 e. The number of alkyl carbamates (subject to hydrolysis) is 1. The highest BCUT2D eigenvalue weighted by molar-refractivity contribution is 6.01. The minimum atomic E-state index is -4.68. The van der Waals surface area contributed by atoms with Crippen LogP contribution in [0, 0.1) is 11.8 Å². The van der Waals surface area contributed by atoms with Crippen molar-refractivity contribution in [3.05, 3.63) is 78.1 Å². The lowest BCUT2D eigenvalue weighted by molar-refractivity contribution is -0.140. The Morgan fingerprint density at radius 3 is 2.34 bits per heavy atom. The number of alkyl halides is 3. The van der Waals surface area contributed by atoms with Gasteiger partial charge in [-0.15, -0.1) is 10.2 Å². The maximum atomic E-state index is 14.4. The summed E-state index contributed by atoms with van der Waals surface area (Å²) in [5.74, 6) is -1.05. The van der Waals surface area contributed by atoms with E-state index in [0.717, 1.165) is 6.20 Å². The Balaban J connectivity index is 1.40. The lowest BCUT2D eigenvalue weighted by Crippen LogP contribution is -2.52. The summed E-state index contributed by atoms with van der Waals surface area (Å²) in [7, 11) is 0. The normalized spacial score (nSPS) is 17.1. The molecule has 50 heavy (non-hydrogen) atoms. The Bertz CT molecular complexity index is 1780. The molecule has 0 aliphatic heterocycles. The Hall–Kier alpha value is -5.34. The predicted molar refractivity (Wildman–Crippen MR) is 178 cm³/mol. The van der Waals surface area contributed by atoms with E-state index in [0.29, 0.717) is 54.9 Å². The van der Waals surface area contributed by atoms with Crippen molar-refractivity contribution in [2.45, 2.75) is 70.7 Å². The molecule has 0 radical (unpaired) electrons. The first-order valence-corrected chi connectivity index (χ1v) is 16.2. The van der Waals surface area contributed by atoms with Crippen molar-refractivity contribution >= 4 is 23.6 Å². The number of ether oxygens (including phenoxy) is 1. The number of aromatic nitrogens is 5. The number of carbonyl (C=O) groups excluding carboxylic acids is 3. The number of nitrogens with two attached hydrogens (primary N) is 1. The van der Waals surface area contributed by atoms with Gasteiger partial charge in [-0.2, -0.15) is 18.4 Å². The summed E-state index contributed by atoms with van der Waals surface area (Å²) in [6, 6.07) is 14.6. The Morgan fingerprint density at radius 2 is 1.72 bits per heavy atom. The molecule has 0 unspecified atom stereocenters. The van der Waals surface area contributed by atoms with Crippen LogP contribution in [0.15, 0.2) is 66.9 Å². The van der Waals surface area contributed by atoms with Gasteiger partial charge in [-0.3, -0.25) is 19.5 Å². The molecule has 3 amide bonds. The van der Waals surface area contributed by atoms with Crippen molar-refractivity contribution in [1.82, 2.24) is 30.9 Å². The van der Waals surface area contributed by atoms with Crippen molar-refractivity contribution in [3.63, 3.8) is 0 Å². The summed E-state index contributed by atoms with van der Waals surface area (Å²) in [5.41, 5.74) is 6.01. The molecule has 0 bridgehead atoms. The Labute approximate surface area is 287 Å². The Morgan fingerprint density at radius 1 is 1.00 bits per heavy atom. The molecule has 4 aromatic rings. The molecule has 1 saturated carbocycles. The third-order valence-corrected chi connectivity index (χ3v) is 8.50. The molecule has 1 atom stereocenters.